The van der Waals surface area contributed by atoms with Gasteiger partial charge in [-0.25, -0.2) is 0 Å². The minimum atomic E-state index is -0.597. The molecule has 1 atom stereocenters. The molecule has 0 bridgehead atoms. The second kappa shape index (κ2) is 6.19. The molecule has 1 aliphatic carbocycles. The van der Waals surface area contributed by atoms with Crippen molar-refractivity contribution >= 4 is 17.7 Å². The summed E-state index contributed by atoms with van der Waals surface area (Å²) in [4.78, 5) is 15.6. The Morgan fingerprint density at radius 1 is 1.67 bits per heavy atom. The number of hydrogen-bond acceptors (Lipinski definition) is 7. The highest BCUT2D eigenvalue weighted by atomic mass is 32.2. The maximum absolute atomic E-state index is 11.3. The normalized spacial score (nSPS) is 16.6. The van der Waals surface area contributed by atoms with Crippen molar-refractivity contribution in [2.45, 2.75) is 37.5 Å². The van der Waals surface area contributed by atoms with Gasteiger partial charge in [-0.1, -0.05) is 5.16 Å². The van der Waals surface area contributed by atoms with E-state index in [4.69, 9.17) is 15.0 Å². The van der Waals surface area contributed by atoms with E-state index in [1.807, 2.05) is 0 Å². The third-order valence-electron chi connectivity index (χ3n) is 2.54. The third kappa shape index (κ3) is 3.71. The number of nitrogens with two attached hydrogens (primary N) is 1. The van der Waals surface area contributed by atoms with Crippen molar-refractivity contribution in [3.63, 3.8) is 0 Å². The molecule has 0 amide bonds. The fraction of sp³-hybridized carbons (Fsp3) is 0.727. The average molecular weight is 271 g/mol. The van der Waals surface area contributed by atoms with Crippen LogP contribution >= 0.6 is 11.8 Å². The van der Waals surface area contributed by atoms with E-state index in [1.165, 1.54) is 11.8 Å². The maximum atomic E-state index is 11.3. The van der Waals surface area contributed by atoms with Gasteiger partial charge in [-0.2, -0.15) is 4.98 Å². The second-order valence-electron chi connectivity index (χ2n) is 4.19. The molecule has 0 aliphatic heterocycles. The molecule has 1 unspecified atom stereocenters. The summed E-state index contributed by atoms with van der Waals surface area (Å²) in [6.45, 7) is 2.11. The zero-order chi connectivity index (χ0) is 13.0. The molecule has 0 saturated heterocycles. The highest BCUT2D eigenvalue weighted by molar-refractivity contribution is 7.98. The second-order valence-corrected chi connectivity index (χ2v) is 5.22. The van der Waals surface area contributed by atoms with Gasteiger partial charge in [0.05, 0.1) is 12.4 Å². The summed E-state index contributed by atoms with van der Waals surface area (Å²) in [5.41, 5.74) is 5.67. The van der Waals surface area contributed by atoms with E-state index in [1.54, 1.807) is 6.92 Å². The molecular weight excluding hydrogens is 254 g/mol. The van der Waals surface area contributed by atoms with Crippen LogP contribution in [0.15, 0.2) is 4.52 Å². The maximum Gasteiger partial charge on any atom is 0.323 e. The van der Waals surface area contributed by atoms with Crippen molar-refractivity contribution in [1.29, 1.82) is 0 Å². The highest BCUT2D eigenvalue weighted by Crippen LogP contribution is 2.38. The molecule has 1 saturated carbocycles. The van der Waals surface area contributed by atoms with Crippen LogP contribution in [0.5, 0.6) is 0 Å². The topological polar surface area (TPSA) is 91.2 Å². The number of rotatable bonds is 7. The number of ether oxygens (including phenoxy) is 1. The lowest BCUT2D eigenvalue weighted by molar-refractivity contribution is -0.144. The number of hydrogen-bond donors (Lipinski definition) is 1. The summed E-state index contributed by atoms with van der Waals surface area (Å²) in [5.74, 6) is 2.59. The highest BCUT2D eigenvalue weighted by Gasteiger charge is 2.28. The quantitative estimate of drug-likeness (QED) is 0.741. The first-order valence-corrected chi connectivity index (χ1v) is 7.18. The first-order chi connectivity index (χ1) is 8.70. The molecule has 2 rings (SSSR count). The fourth-order valence-corrected chi connectivity index (χ4v) is 2.22. The van der Waals surface area contributed by atoms with E-state index in [2.05, 4.69) is 10.1 Å². The Kier molecular flexibility index (Phi) is 4.60. The van der Waals surface area contributed by atoms with Crippen LogP contribution in [0.3, 0.4) is 0 Å². The number of carbonyl (C=O) groups excluding carboxylic acids is 1. The molecule has 1 aromatic heterocycles. The number of aromatic nitrogens is 2. The summed E-state index contributed by atoms with van der Waals surface area (Å²) in [6.07, 6.45) is 2.31. The molecule has 18 heavy (non-hydrogen) atoms. The molecule has 2 N–H and O–H groups in total. The van der Waals surface area contributed by atoms with Crippen molar-refractivity contribution < 1.29 is 14.1 Å². The number of nitrogens with zero attached hydrogens (tertiary/aromatic N) is 2. The van der Waals surface area contributed by atoms with Crippen LogP contribution in [0, 0.1) is 0 Å². The molecule has 1 fully saturated rings. The van der Waals surface area contributed by atoms with Gasteiger partial charge in [-0.05, 0) is 19.8 Å². The lowest BCUT2D eigenvalue weighted by Crippen LogP contribution is -2.34. The number of carbonyl (C=O) groups is 1. The molecule has 7 heteroatoms. The number of esters is 1. The first-order valence-electron chi connectivity index (χ1n) is 6.03. The van der Waals surface area contributed by atoms with Crippen molar-refractivity contribution in [1.82, 2.24) is 10.1 Å². The minimum absolute atomic E-state index is 0.353. The number of thioether (sulfide) groups is 1. The van der Waals surface area contributed by atoms with Crippen LogP contribution in [0.25, 0.3) is 0 Å². The van der Waals surface area contributed by atoms with E-state index in [-0.39, 0.29) is 5.97 Å². The minimum Gasteiger partial charge on any atom is -0.465 e. The van der Waals surface area contributed by atoms with Crippen LogP contribution in [0.1, 0.15) is 37.4 Å². The molecule has 1 aromatic rings. The van der Waals surface area contributed by atoms with Crippen LogP contribution in [0.4, 0.5) is 0 Å². The Balaban J connectivity index is 1.69. The van der Waals surface area contributed by atoms with E-state index >= 15 is 0 Å². The van der Waals surface area contributed by atoms with Crippen molar-refractivity contribution in [3.8, 4) is 0 Å². The van der Waals surface area contributed by atoms with Crippen LogP contribution < -0.4 is 5.73 Å². The Morgan fingerprint density at radius 2 is 2.44 bits per heavy atom. The predicted octanol–water partition coefficient (Wildman–Crippen LogP) is 1.07. The van der Waals surface area contributed by atoms with E-state index in [9.17, 15) is 4.79 Å². The molecular formula is C11H17N3O3S. The molecule has 1 aliphatic rings. The zero-order valence-electron chi connectivity index (χ0n) is 10.3. The van der Waals surface area contributed by atoms with Gasteiger partial charge in [0.2, 0.25) is 5.89 Å². The van der Waals surface area contributed by atoms with E-state index < -0.39 is 6.04 Å². The van der Waals surface area contributed by atoms with Gasteiger partial charge in [0.15, 0.2) is 5.82 Å². The van der Waals surface area contributed by atoms with Gasteiger partial charge >= 0.3 is 5.97 Å². The van der Waals surface area contributed by atoms with Gasteiger partial charge in [0, 0.05) is 11.7 Å². The summed E-state index contributed by atoms with van der Waals surface area (Å²) in [6, 6.07) is -0.597. The van der Waals surface area contributed by atoms with Crippen molar-refractivity contribution in [2.24, 2.45) is 5.73 Å². The standard InChI is InChI=1S/C11H17N3O3S/c1-2-16-11(15)8(12)5-18-6-9-13-10(14-17-9)7-3-4-7/h7-8H,2-6,12H2,1H3. The average Bonchev–Trinajstić information content (AvgIpc) is 3.10. The Morgan fingerprint density at radius 3 is 3.11 bits per heavy atom. The van der Waals surface area contributed by atoms with E-state index in [0.717, 1.165) is 18.7 Å². The zero-order valence-corrected chi connectivity index (χ0v) is 11.1. The first kappa shape index (κ1) is 13.4. The smallest absolute Gasteiger partial charge is 0.323 e. The Bertz CT molecular complexity index is 406. The molecule has 100 valence electrons. The van der Waals surface area contributed by atoms with Crippen LogP contribution in [-0.4, -0.2) is 34.5 Å². The monoisotopic (exact) mass is 271 g/mol. The van der Waals surface area contributed by atoms with Crippen molar-refractivity contribution in [3.05, 3.63) is 11.7 Å². The summed E-state index contributed by atoms with van der Waals surface area (Å²) in [5, 5.41) is 3.92. The molecule has 0 aromatic carbocycles. The van der Waals surface area contributed by atoms with Gasteiger partial charge in [-0.15, -0.1) is 11.8 Å². The van der Waals surface area contributed by atoms with E-state index in [0.29, 0.717) is 29.9 Å². The molecule has 0 radical (unpaired) electrons. The van der Waals surface area contributed by atoms with Crippen molar-refractivity contribution in [2.75, 3.05) is 12.4 Å². The summed E-state index contributed by atoms with van der Waals surface area (Å²) < 4.78 is 9.94. The predicted molar refractivity (Wildman–Crippen MR) is 67.0 cm³/mol. The lowest BCUT2D eigenvalue weighted by atomic mass is 10.4. The van der Waals surface area contributed by atoms with Crippen LogP contribution in [-0.2, 0) is 15.3 Å². The Hall–Kier alpha value is -1.08. The third-order valence-corrected chi connectivity index (χ3v) is 3.58. The van der Waals surface area contributed by atoms with Crippen LogP contribution in [0.2, 0.25) is 0 Å². The molecule has 0 spiro atoms. The molecule has 6 nitrogen and oxygen atoms in total. The summed E-state index contributed by atoms with van der Waals surface area (Å²) >= 11 is 1.49. The van der Waals surface area contributed by atoms with Gasteiger partial charge in [0.1, 0.15) is 6.04 Å². The lowest BCUT2D eigenvalue weighted by Gasteiger charge is -2.08. The largest absolute Gasteiger partial charge is 0.465 e. The fourth-order valence-electron chi connectivity index (χ4n) is 1.42. The molecule has 1 heterocycles. The Labute approximate surface area is 110 Å². The van der Waals surface area contributed by atoms with Gasteiger partial charge < -0.3 is 15.0 Å². The summed E-state index contributed by atoms with van der Waals surface area (Å²) in [7, 11) is 0. The SMILES string of the molecule is CCOC(=O)C(N)CSCc1nc(C2CC2)no1. The van der Waals surface area contributed by atoms with Gasteiger partial charge in [-0.3, -0.25) is 4.79 Å². The van der Waals surface area contributed by atoms with Gasteiger partial charge in [0.25, 0.3) is 0 Å².